The van der Waals surface area contributed by atoms with Crippen molar-refractivity contribution in [1.82, 2.24) is 10.3 Å². The SMILES string of the molecule is Cc1c[nH]cc1C(=O)NC(CCO)C1CCCCC1. The van der Waals surface area contributed by atoms with Crippen LogP contribution < -0.4 is 5.32 Å². The van der Waals surface area contributed by atoms with Gasteiger partial charge in [-0.2, -0.15) is 0 Å². The molecule has 1 saturated carbocycles. The van der Waals surface area contributed by atoms with Gasteiger partial charge in [-0.15, -0.1) is 0 Å². The normalized spacial score (nSPS) is 18.2. The van der Waals surface area contributed by atoms with Crippen molar-refractivity contribution in [1.29, 1.82) is 0 Å². The molecule has 1 aliphatic carbocycles. The molecule has 19 heavy (non-hydrogen) atoms. The van der Waals surface area contributed by atoms with Gasteiger partial charge in [-0.05, 0) is 37.7 Å². The van der Waals surface area contributed by atoms with Crippen LogP contribution in [-0.2, 0) is 0 Å². The molecule has 4 heteroatoms. The van der Waals surface area contributed by atoms with Crippen molar-refractivity contribution in [2.45, 2.75) is 51.5 Å². The minimum Gasteiger partial charge on any atom is -0.396 e. The van der Waals surface area contributed by atoms with Gasteiger partial charge in [0.05, 0.1) is 5.56 Å². The first-order chi connectivity index (χ1) is 9.22. The average molecular weight is 264 g/mol. The second-order valence-corrected chi connectivity index (χ2v) is 5.54. The summed E-state index contributed by atoms with van der Waals surface area (Å²) in [5.74, 6) is 0.492. The van der Waals surface area contributed by atoms with Gasteiger partial charge in [-0.3, -0.25) is 4.79 Å². The van der Waals surface area contributed by atoms with E-state index in [0.717, 1.165) is 18.4 Å². The summed E-state index contributed by atoms with van der Waals surface area (Å²) in [6, 6.07) is 0.104. The third kappa shape index (κ3) is 3.60. The number of aliphatic hydroxyl groups is 1. The molecule has 1 unspecified atom stereocenters. The van der Waals surface area contributed by atoms with Gasteiger partial charge in [0, 0.05) is 25.0 Å². The first-order valence-corrected chi connectivity index (χ1v) is 7.27. The molecule has 0 radical (unpaired) electrons. The molecule has 106 valence electrons. The molecule has 0 spiro atoms. The Morgan fingerprint density at radius 1 is 1.42 bits per heavy atom. The second-order valence-electron chi connectivity index (χ2n) is 5.54. The van der Waals surface area contributed by atoms with Crippen LogP contribution in [0.2, 0.25) is 0 Å². The first kappa shape index (κ1) is 14.1. The molecular formula is C15H24N2O2. The lowest BCUT2D eigenvalue weighted by atomic mass is 9.82. The Morgan fingerprint density at radius 2 is 2.16 bits per heavy atom. The van der Waals surface area contributed by atoms with Crippen LogP contribution >= 0.6 is 0 Å². The Balaban J connectivity index is 1.99. The Labute approximate surface area is 114 Å². The van der Waals surface area contributed by atoms with Crippen molar-refractivity contribution < 1.29 is 9.90 Å². The van der Waals surface area contributed by atoms with Gasteiger partial charge in [0.2, 0.25) is 0 Å². The number of aliphatic hydroxyl groups excluding tert-OH is 1. The van der Waals surface area contributed by atoms with Crippen LogP contribution in [0.5, 0.6) is 0 Å². The highest BCUT2D eigenvalue weighted by Crippen LogP contribution is 2.28. The molecule has 3 N–H and O–H groups in total. The molecule has 0 aliphatic heterocycles. The second kappa shape index (κ2) is 6.75. The highest BCUT2D eigenvalue weighted by Gasteiger charge is 2.25. The number of hydrogen-bond acceptors (Lipinski definition) is 2. The number of hydrogen-bond donors (Lipinski definition) is 3. The van der Waals surface area contributed by atoms with Gasteiger partial charge in [-0.1, -0.05) is 19.3 Å². The topological polar surface area (TPSA) is 65.1 Å². The summed E-state index contributed by atoms with van der Waals surface area (Å²) in [6.45, 7) is 2.06. The summed E-state index contributed by atoms with van der Waals surface area (Å²) in [5, 5.41) is 12.3. The molecule has 1 heterocycles. The van der Waals surface area contributed by atoms with Crippen molar-refractivity contribution >= 4 is 5.91 Å². The minimum absolute atomic E-state index is 0.0252. The summed E-state index contributed by atoms with van der Waals surface area (Å²) in [6.07, 6.45) is 10.3. The summed E-state index contributed by atoms with van der Waals surface area (Å²) in [4.78, 5) is 15.2. The molecular weight excluding hydrogens is 240 g/mol. The number of amides is 1. The number of aromatic amines is 1. The molecule has 1 aromatic heterocycles. The van der Waals surface area contributed by atoms with Crippen molar-refractivity contribution in [2.24, 2.45) is 5.92 Å². The molecule has 1 aliphatic rings. The maximum absolute atomic E-state index is 12.2. The number of nitrogens with one attached hydrogen (secondary N) is 2. The summed E-state index contributed by atoms with van der Waals surface area (Å²) in [7, 11) is 0. The molecule has 0 aromatic carbocycles. The molecule has 0 bridgehead atoms. The van der Waals surface area contributed by atoms with Gasteiger partial charge >= 0.3 is 0 Å². The smallest absolute Gasteiger partial charge is 0.253 e. The van der Waals surface area contributed by atoms with E-state index < -0.39 is 0 Å². The Bertz CT molecular complexity index is 408. The number of carbonyl (C=O) groups excluding carboxylic acids is 1. The third-order valence-electron chi connectivity index (χ3n) is 4.17. The van der Waals surface area contributed by atoms with Gasteiger partial charge in [0.1, 0.15) is 0 Å². The van der Waals surface area contributed by atoms with Gasteiger partial charge in [0.15, 0.2) is 0 Å². The quantitative estimate of drug-likeness (QED) is 0.764. The number of aromatic nitrogens is 1. The van der Waals surface area contributed by atoms with Crippen molar-refractivity contribution in [3.05, 3.63) is 23.5 Å². The highest BCUT2D eigenvalue weighted by molar-refractivity contribution is 5.95. The summed E-state index contributed by atoms with van der Waals surface area (Å²) in [5.41, 5.74) is 1.67. The van der Waals surface area contributed by atoms with E-state index in [-0.39, 0.29) is 18.6 Å². The summed E-state index contributed by atoms with van der Waals surface area (Å²) >= 11 is 0. The lowest BCUT2D eigenvalue weighted by molar-refractivity contribution is 0.0899. The predicted molar refractivity (Wildman–Crippen MR) is 75.1 cm³/mol. The van der Waals surface area contributed by atoms with Crippen molar-refractivity contribution in [3.8, 4) is 0 Å². The third-order valence-corrected chi connectivity index (χ3v) is 4.17. The molecule has 2 rings (SSSR count). The van der Waals surface area contributed by atoms with Crippen LogP contribution in [0.25, 0.3) is 0 Å². The lowest BCUT2D eigenvalue weighted by Crippen LogP contribution is -2.41. The summed E-state index contributed by atoms with van der Waals surface area (Å²) < 4.78 is 0. The zero-order valence-corrected chi connectivity index (χ0v) is 11.6. The van der Waals surface area contributed by atoms with E-state index in [2.05, 4.69) is 10.3 Å². The fourth-order valence-corrected chi connectivity index (χ4v) is 3.03. The van der Waals surface area contributed by atoms with E-state index in [1.807, 2.05) is 13.1 Å². The van der Waals surface area contributed by atoms with E-state index in [1.54, 1.807) is 6.20 Å². The monoisotopic (exact) mass is 264 g/mol. The maximum atomic E-state index is 12.2. The largest absolute Gasteiger partial charge is 0.396 e. The van der Waals surface area contributed by atoms with Crippen LogP contribution in [0.3, 0.4) is 0 Å². The van der Waals surface area contributed by atoms with E-state index in [9.17, 15) is 9.90 Å². The van der Waals surface area contributed by atoms with E-state index in [0.29, 0.717) is 17.9 Å². The van der Waals surface area contributed by atoms with Gasteiger partial charge < -0.3 is 15.4 Å². The molecule has 1 fully saturated rings. The predicted octanol–water partition coefficient (Wildman–Crippen LogP) is 2.38. The Hall–Kier alpha value is -1.29. The molecule has 1 atom stereocenters. The number of rotatable bonds is 5. The average Bonchev–Trinajstić information content (AvgIpc) is 2.85. The number of carbonyl (C=O) groups is 1. The lowest BCUT2D eigenvalue weighted by Gasteiger charge is -2.30. The van der Waals surface area contributed by atoms with Crippen molar-refractivity contribution in [3.63, 3.8) is 0 Å². The molecule has 4 nitrogen and oxygen atoms in total. The zero-order valence-electron chi connectivity index (χ0n) is 11.6. The van der Waals surface area contributed by atoms with Gasteiger partial charge in [-0.25, -0.2) is 0 Å². The number of H-pyrrole nitrogens is 1. The van der Waals surface area contributed by atoms with E-state index in [1.165, 1.54) is 19.3 Å². The van der Waals surface area contributed by atoms with Crippen molar-refractivity contribution in [2.75, 3.05) is 6.61 Å². The first-order valence-electron chi connectivity index (χ1n) is 7.27. The fourth-order valence-electron chi connectivity index (χ4n) is 3.03. The van der Waals surface area contributed by atoms with Crippen LogP contribution in [-0.4, -0.2) is 28.6 Å². The molecule has 1 amide bonds. The molecule has 0 saturated heterocycles. The minimum atomic E-state index is -0.0252. The Morgan fingerprint density at radius 3 is 2.74 bits per heavy atom. The standard InChI is InChI=1S/C15H24N2O2/c1-11-9-16-10-13(11)15(19)17-14(7-8-18)12-5-3-2-4-6-12/h9-10,12,14,16,18H,2-8H2,1H3,(H,17,19). The van der Waals surface area contributed by atoms with Crippen LogP contribution in [0.1, 0.15) is 54.4 Å². The number of aryl methyl sites for hydroxylation is 1. The highest BCUT2D eigenvalue weighted by atomic mass is 16.3. The van der Waals surface area contributed by atoms with Crippen LogP contribution in [0.15, 0.2) is 12.4 Å². The maximum Gasteiger partial charge on any atom is 0.253 e. The van der Waals surface area contributed by atoms with E-state index in [4.69, 9.17) is 0 Å². The van der Waals surface area contributed by atoms with Crippen LogP contribution in [0, 0.1) is 12.8 Å². The fraction of sp³-hybridized carbons (Fsp3) is 0.667. The van der Waals surface area contributed by atoms with E-state index >= 15 is 0 Å². The Kier molecular flexibility index (Phi) is 5.02. The van der Waals surface area contributed by atoms with Gasteiger partial charge in [0.25, 0.3) is 5.91 Å². The zero-order chi connectivity index (χ0) is 13.7. The molecule has 1 aromatic rings. The van der Waals surface area contributed by atoms with Crippen LogP contribution in [0.4, 0.5) is 0 Å².